The maximum Gasteiger partial charge on any atom is 0.707 e. The van der Waals surface area contributed by atoms with Crippen LogP contribution in [0.15, 0.2) is 79.1 Å². The standard InChI is InChI=1S/C18H13BO3.C5H8N2/c20-19(21)22-17-7-3-6-12-8-9-15-10-13-4-1-2-5-14(13)11-16(15)18(12)17;1-5-6-3-4-7(5)2/h1-11,20-21H;3-4H,1-2H3. The Morgan fingerprint density at radius 3 is 2.17 bits per heavy atom. The van der Waals surface area contributed by atoms with Gasteiger partial charge in [-0.1, -0.05) is 48.5 Å². The monoisotopic (exact) mass is 384 g/mol. The minimum absolute atomic E-state index is 0.466. The highest BCUT2D eigenvalue weighted by atomic mass is 16.6. The molecule has 6 heteroatoms. The minimum Gasteiger partial charge on any atom is -0.511 e. The molecule has 5 nitrogen and oxygen atoms in total. The van der Waals surface area contributed by atoms with Gasteiger partial charge in [-0.2, -0.15) is 0 Å². The van der Waals surface area contributed by atoms with Gasteiger partial charge < -0.3 is 19.3 Å². The molecule has 0 unspecified atom stereocenters. The summed E-state index contributed by atoms with van der Waals surface area (Å²) in [6.45, 7) is 1.97. The van der Waals surface area contributed by atoms with Crippen molar-refractivity contribution in [3.63, 3.8) is 0 Å². The summed E-state index contributed by atoms with van der Waals surface area (Å²) in [6.07, 6.45) is 3.71. The lowest BCUT2D eigenvalue weighted by Gasteiger charge is -2.12. The number of hydrogen-bond acceptors (Lipinski definition) is 4. The van der Waals surface area contributed by atoms with Gasteiger partial charge in [0.05, 0.1) is 0 Å². The molecule has 1 heterocycles. The van der Waals surface area contributed by atoms with Crippen molar-refractivity contribution >= 4 is 39.6 Å². The molecule has 0 aliphatic rings. The SMILES string of the molecule is Cc1nccn1C.OB(O)Oc1cccc2ccc3cc4ccccc4cc3c12. The van der Waals surface area contributed by atoms with Crippen molar-refractivity contribution in [2.75, 3.05) is 0 Å². The van der Waals surface area contributed by atoms with Crippen molar-refractivity contribution < 1.29 is 14.7 Å². The average Bonchev–Trinajstić information content (AvgIpc) is 3.09. The van der Waals surface area contributed by atoms with Crippen molar-refractivity contribution in [3.8, 4) is 5.75 Å². The van der Waals surface area contributed by atoms with E-state index in [1.807, 2.05) is 55.1 Å². The zero-order valence-electron chi connectivity index (χ0n) is 16.3. The number of imidazole rings is 1. The molecule has 29 heavy (non-hydrogen) atoms. The summed E-state index contributed by atoms with van der Waals surface area (Å²) >= 11 is 0. The van der Waals surface area contributed by atoms with Crippen molar-refractivity contribution in [2.24, 2.45) is 7.05 Å². The molecular formula is C23H21BN2O3. The Hall–Kier alpha value is -3.35. The molecule has 0 radical (unpaired) electrons. The number of nitrogens with zero attached hydrogens (tertiary/aromatic N) is 2. The summed E-state index contributed by atoms with van der Waals surface area (Å²) in [7, 11) is 0.142. The maximum atomic E-state index is 9.14. The van der Waals surface area contributed by atoms with Gasteiger partial charge >= 0.3 is 7.32 Å². The van der Waals surface area contributed by atoms with Crippen LogP contribution in [0.4, 0.5) is 0 Å². The Labute approximate surface area is 169 Å². The van der Waals surface area contributed by atoms with Gasteiger partial charge in [-0.25, -0.2) is 4.98 Å². The van der Waals surface area contributed by atoms with Crippen LogP contribution in [-0.4, -0.2) is 26.9 Å². The summed E-state index contributed by atoms with van der Waals surface area (Å²) in [5.41, 5.74) is 0. The lowest BCUT2D eigenvalue weighted by molar-refractivity contribution is 0.289. The molecule has 0 spiro atoms. The van der Waals surface area contributed by atoms with Crippen molar-refractivity contribution in [2.45, 2.75) is 6.92 Å². The Bertz CT molecular complexity index is 1280. The molecule has 0 aliphatic heterocycles. The van der Waals surface area contributed by atoms with Gasteiger partial charge in [0.2, 0.25) is 0 Å². The average molecular weight is 384 g/mol. The van der Waals surface area contributed by atoms with Crippen molar-refractivity contribution in [1.82, 2.24) is 9.55 Å². The van der Waals surface area contributed by atoms with E-state index in [1.54, 1.807) is 12.3 Å². The smallest absolute Gasteiger partial charge is 0.511 e. The van der Waals surface area contributed by atoms with Crippen LogP contribution in [0.1, 0.15) is 5.82 Å². The first-order valence-electron chi connectivity index (χ1n) is 9.34. The van der Waals surface area contributed by atoms with E-state index in [0.29, 0.717) is 5.75 Å². The number of hydrogen-bond donors (Lipinski definition) is 2. The van der Waals surface area contributed by atoms with Gasteiger partial charge in [0.25, 0.3) is 0 Å². The molecule has 0 atom stereocenters. The van der Waals surface area contributed by atoms with E-state index in [1.165, 1.54) is 5.39 Å². The van der Waals surface area contributed by atoms with Crippen LogP contribution >= 0.6 is 0 Å². The van der Waals surface area contributed by atoms with Crippen LogP contribution in [0.5, 0.6) is 5.75 Å². The van der Waals surface area contributed by atoms with E-state index in [-0.39, 0.29) is 0 Å². The quantitative estimate of drug-likeness (QED) is 0.272. The third-order valence-electron chi connectivity index (χ3n) is 4.98. The largest absolute Gasteiger partial charge is 0.707 e. The summed E-state index contributed by atoms with van der Waals surface area (Å²) in [5, 5.41) is 24.6. The van der Waals surface area contributed by atoms with E-state index in [9.17, 15) is 0 Å². The highest BCUT2D eigenvalue weighted by molar-refractivity contribution is 6.34. The summed E-state index contributed by atoms with van der Waals surface area (Å²) in [6, 6.07) is 22.1. The lowest BCUT2D eigenvalue weighted by Crippen LogP contribution is -2.20. The molecule has 0 bridgehead atoms. The van der Waals surface area contributed by atoms with Crippen molar-refractivity contribution in [1.29, 1.82) is 0 Å². The van der Waals surface area contributed by atoms with E-state index in [4.69, 9.17) is 14.7 Å². The molecule has 0 saturated heterocycles. The molecule has 5 rings (SSSR count). The van der Waals surface area contributed by atoms with Crippen LogP contribution in [-0.2, 0) is 7.05 Å². The molecule has 144 valence electrons. The van der Waals surface area contributed by atoms with Crippen LogP contribution in [0.25, 0.3) is 32.3 Å². The molecule has 0 amide bonds. The number of aromatic nitrogens is 2. The van der Waals surface area contributed by atoms with Gasteiger partial charge in [-0.05, 0) is 52.1 Å². The number of aryl methyl sites for hydroxylation is 2. The molecule has 5 aromatic rings. The number of rotatable bonds is 2. The summed E-state index contributed by atoms with van der Waals surface area (Å²) < 4.78 is 7.13. The first kappa shape index (κ1) is 19.0. The molecule has 1 aromatic heterocycles. The molecule has 2 N–H and O–H groups in total. The Morgan fingerprint density at radius 1 is 0.862 bits per heavy atom. The van der Waals surface area contributed by atoms with E-state index in [0.717, 1.165) is 32.8 Å². The minimum atomic E-state index is -1.83. The molecular weight excluding hydrogens is 363 g/mol. The molecule has 0 saturated carbocycles. The van der Waals surface area contributed by atoms with Crippen LogP contribution < -0.4 is 4.65 Å². The fourth-order valence-corrected chi connectivity index (χ4v) is 3.42. The van der Waals surface area contributed by atoms with E-state index < -0.39 is 7.32 Å². The second-order valence-corrected chi connectivity index (χ2v) is 6.87. The molecule has 0 aliphatic carbocycles. The first-order valence-corrected chi connectivity index (χ1v) is 9.34. The highest BCUT2D eigenvalue weighted by Crippen LogP contribution is 2.35. The lowest BCUT2D eigenvalue weighted by atomic mass is 9.97. The third-order valence-corrected chi connectivity index (χ3v) is 4.98. The second-order valence-electron chi connectivity index (χ2n) is 6.87. The Kier molecular flexibility index (Phi) is 5.21. The van der Waals surface area contributed by atoms with Gasteiger partial charge in [-0.15, -0.1) is 0 Å². The molecule has 4 aromatic carbocycles. The maximum absolute atomic E-state index is 9.14. The topological polar surface area (TPSA) is 67.5 Å². The zero-order chi connectivity index (χ0) is 20.4. The predicted octanol–water partition coefficient (Wildman–Crippen LogP) is 4.22. The fraction of sp³-hybridized carbons (Fsp3) is 0.0870. The van der Waals surface area contributed by atoms with E-state index in [2.05, 4.69) is 35.3 Å². The first-order chi connectivity index (χ1) is 14.0. The highest BCUT2D eigenvalue weighted by Gasteiger charge is 2.15. The van der Waals surface area contributed by atoms with Crippen LogP contribution in [0, 0.1) is 6.92 Å². The fourth-order valence-electron chi connectivity index (χ4n) is 3.42. The van der Waals surface area contributed by atoms with Gasteiger partial charge in [0.1, 0.15) is 11.6 Å². The number of benzene rings is 4. The summed E-state index contributed by atoms with van der Waals surface area (Å²) in [5.74, 6) is 1.52. The zero-order valence-corrected chi connectivity index (χ0v) is 16.3. The molecule has 0 fully saturated rings. The Morgan fingerprint density at radius 2 is 1.55 bits per heavy atom. The summed E-state index contributed by atoms with van der Waals surface area (Å²) in [4.78, 5) is 3.98. The van der Waals surface area contributed by atoms with Crippen LogP contribution in [0.3, 0.4) is 0 Å². The Balaban J connectivity index is 0.000000249. The second kappa shape index (κ2) is 7.95. The van der Waals surface area contributed by atoms with Crippen LogP contribution in [0.2, 0.25) is 0 Å². The normalized spacial score (nSPS) is 10.8. The van der Waals surface area contributed by atoms with E-state index >= 15 is 0 Å². The van der Waals surface area contributed by atoms with Gasteiger partial charge in [0, 0.05) is 24.8 Å². The van der Waals surface area contributed by atoms with Crippen molar-refractivity contribution in [3.05, 3.63) is 84.9 Å². The van der Waals surface area contributed by atoms with Gasteiger partial charge in [-0.3, -0.25) is 0 Å². The predicted molar refractivity (Wildman–Crippen MR) is 118 cm³/mol. The van der Waals surface area contributed by atoms with Gasteiger partial charge in [0.15, 0.2) is 0 Å². The number of fused-ring (bicyclic) bond motifs is 4. The third kappa shape index (κ3) is 3.94.